The van der Waals surface area contributed by atoms with Crippen LogP contribution in [0.4, 0.5) is 5.69 Å². The number of benzene rings is 1. The van der Waals surface area contributed by atoms with E-state index in [1.165, 1.54) is 0 Å². The molecule has 0 aliphatic rings. The second-order valence-corrected chi connectivity index (χ2v) is 4.45. The van der Waals surface area contributed by atoms with Crippen molar-refractivity contribution in [2.45, 2.75) is 26.8 Å². The molecule has 2 rings (SSSR count). The van der Waals surface area contributed by atoms with Gasteiger partial charge in [-0.2, -0.15) is 0 Å². The standard InChI is InChI=1S/C13H19N3O/c1-9(2)14-6-7-15-11-4-5-13-12(8-11)16-10(3)17-13/h4-5,8-9,14-15H,6-7H2,1-3H3. The summed E-state index contributed by atoms with van der Waals surface area (Å²) in [5.41, 5.74) is 2.83. The Balaban J connectivity index is 1.94. The molecule has 17 heavy (non-hydrogen) atoms. The van der Waals surface area contributed by atoms with Crippen molar-refractivity contribution in [3.05, 3.63) is 24.1 Å². The molecule has 1 aromatic carbocycles. The fraction of sp³-hybridized carbons (Fsp3) is 0.462. The molecule has 0 aliphatic carbocycles. The molecule has 0 atom stereocenters. The van der Waals surface area contributed by atoms with Crippen LogP contribution in [0, 0.1) is 6.92 Å². The Bertz CT molecular complexity index is 490. The van der Waals surface area contributed by atoms with Crippen LogP contribution < -0.4 is 10.6 Å². The molecular formula is C13H19N3O. The molecule has 0 saturated carbocycles. The van der Waals surface area contributed by atoms with Crippen LogP contribution in [0.25, 0.3) is 11.1 Å². The molecule has 0 radical (unpaired) electrons. The van der Waals surface area contributed by atoms with Crippen LogP contribution in [0.1, 0.15) is 19.7 Å². The van der Waals surface area contributed by atoms with E-state index >= 15 is 0 Å². The molecule has 4 nitrogen and oxygen atoms in total. The van der Waals surface area contributed by atoms with E-state index in [4.69, 9.17) is 4.42 Å². The Kier molecular flexibility index (Phi) is 3.64. The van der Waals surface area contributed by atoms with Crippen molar-refractivity contribution in [1.29, 1.82) is 0 Å². The molecule has 0 spiro atoms. The summed E-state index contributed by atoms with van der Waals surface area (Å²) in [5.74, 6) is 0.707. The maximum atomic E-state index is 5.43. The van der Waals surface area contributed by atoms with Crippen molar-refractivity contribution in [3.63, 3.8) is 0 Å². The van der Waals surface area contributed by atoms with Gasteiger partial charge in [0, 0.05) is 31.7 Å². The Labute approximate surface area is 101 Å². The molecule has 1 heterocycles. The van der Waals surface area contributed by atoms with Crippen LogP contribution in [-0.4, -0.2) is 24.1 Å². The highest BCUT2D eigenvalue weighted by Gasteiger charge is 2.02. The topological polar surface area (TPSA) is 50.1 Å². The molecule has 0 aliphatic heterocycles. The zero-order valence-electron chi connectivity index (χ0n) is 10.6. The van der Waals surface area contributed by atoms with E-state index in [-0.39, 0.29) is 0 Å². The summed E-state index contributed by atoms with van der Waals surface area (Å²) >= 11 is 0. The molecular weight excluding hydrogens is 214 g/mol. The predicted octanol–water partition coefficient (Wildman–Crippen LogP) is 2.55. The minimum atomic E-state index is 0.525. The third-order valence-corrected chi connectivity index (χ3v) is 2.50. The first-order valence-electron chi connectivity index (χ1n) is 5.99. The van der Waals surface area contributed by atoms with Gasteiger partial charge in [-0.15, -0.1) is 0 Å². The summed E-state index contributed by atoms with van der Waals surface area (Å²) in [5, 5.41) is 6.72. The molecule has 0 amide bonds. The summed E-state index contributed by atoms with van der Waals surface area (Å²) in [6, 6.07) is 6.51. The number of hydrogen-bond acceptors (Lipinski definition) is 4. The maximum absolute atomic E-state index is 5.43. The molecule has 2 aromatic rings. The number of nitrogens with zero attached hydrogens (tertiary/aromatic N) is 1. The minimum Gasteiger partial charge on any atom is -0.441 e. The van der Waals surface area contributed by atoms with Crippen molar-refractivity contribution < 1.29 is 4.42 Å². The number of oxazole rings is 1. The summed E-state index contributed by atoms with van der Waals surface area (Å²) in [7, 11) is 0. The van der Waals surface area contributed by atoms with Gasteiger partial charge in [-0.05, 0) is 18.2 Å². The number of anilines is 1. The molecule has 0 fully saturated rings. The normalized spacial score (nSPS) is 11.3. The molecule has 2 N–H and O–H groups in total. The van der Waals surface area contributed by atoms with E-state index in [1.54, 1.807) is 0 Å². The second kappa shape index (κ2) is 5.19. The lowest BCUT2D eigenvalue weighted by Crippen LogP contribution is -2.28. The largest absolute Gasteiger partial charge is 0.441 e. The van der Waals surface area contributed by atoms with Gasteiger partial charge >= 0.3 is 0 Å². The minimum absolute atomic E-state index is 0.525. The van der Waals surface area contributed by atoms with Crippen LogP contribution in [0.5, 0.6) is 0 Å². The quantitative estimate of drug-likeness (QED) is 0.779. The summed E-state index contributed by atoms with van der Waals surface area (Å²) < 4.78 is 5.43. The van der Waals surface area contributed by atoms with E-state index in [9.17, 15) is 0 Å². The average Bonchev–Trinajstić information content (AvgIpc) is 2.63. The second-order valence-electron chi connectivity index (χ2n) is 4.45. The highest BCUT2D eigenvalue weighted by atomic mass is 16.3. The monoisotopic (exact) mass is 233 g/mol. The zero-order chi connectivity index (χ0) is 12.3. The van der Waals surface area contributed by atoms with Crippen LogP contribution in [0.3, 0.4) is 0 Å². The Hall–Kier alpha value is -1.55. The van der Waals surface area contributed by atoms with Gasteiger partial charge in [0.1, 0.15) is 5.52 Å². The zero-order valence-corrected chi connectivity index (χ0v) is 10.6. The number of hydrogen-bond donors (Lipinski definition) is 2. The maximum Gasteiger partial charge on any atom is 0.192 e. The summed E-state index contributed by atoms with van der Waals surface area (Å²) in [4.78, 5) is 4.31. The van der Waals surface area contributed by atoms with Gasteiger partial charge < -0.3 is 15.1 Å². The number of rotatable bonds is 5. The third-order valence-electron chi connectivity index (χ3n) is 2.50. The lowest BCUT2D eigenvalue weighted by molar-refractivity contribution is 0.561. The molecule has 1 aromatic heterocycles. The molecule has 4 heteroatoms. The number of aryl methyl sites for hydroxylation is 1. The fourth-order valence-electron chi connectivity index (χ4n) is 1.72. The van der Waals surface area contributed by atoms with Gasteiger partial charge in [0.05, 0.1) is 0 Å². The Morgan fingerprint density at radius 2 is 2.12 bits per heavy atom. The van der Waals surface area contributed by atoms with E-state index < -0.39 is 0 Å². The van der Waals surface area contributed by atoms with E-state index in [0.29, 0.717) is 11.9 Å². The number of fused-ring (bicyclic) bond motifs is 1. The van der Waals surface area contributed by atoms with Gasteiger partial charge in [0.2, 0.25) is 0 Å². The fourth-order valence-corrected chi connectivity index (χ4v) is 1.72. The average molecular weight is 233 g/mol. The summed E-state index contributed by atoms with van der Waals surface area (Å²) in [6.45, 7) is 8.00. The first-order valence-corrected chi connectivity index (χ1v) is 5.99. The third kappa shape index (κ3) is 3.20. The van der Waals surface area contributed by atoms with Gasteiger partial charge in [0.25, 0.3) is 0 Å². The van der Waals surface area contributed by atoms with Gasteiger partial charge in [-0.1, -0.05) is 13.8 Å². The van der Waals surface area contributed by atoms with Crippen molar-refractivity contribution in [2.24, 2.45) is 0 Å². The first kappa shape index (κ1) is 11.9. The van der Waals surface area contributed by atoms with Gasteiger partial charge in [-0.3, -0.25) is 0 Å². The first-order chi connectivity index (χ1) is 8.15. The molecule has 92 valence electrons. The van der Waals surface area contributed by atoms with Crippen molar-refractivity contribution >= 4 is 16.8 Å². The van der Waals surface area contributed by atoms with Crippen LogP contribution in [0.2, 0.25) is 0 Å². The highest BCUT2D eigenvalue weighted by molar-refractivity contribution is 5.77. The van der Waals surface area contributed by atoms with Gasteiger partial charge in [-0.25, -0.2) is 4.98 Å². The molecule has 0 bridgehead atoms. The van der Waals surface area contributed by atoms with Crippen molar-refractivity contribution in [3.8, 4) is 0 Å². The van der Waals surface area contributed by atoms with Crippen LogP contribution >= 0.6 is 0 Å². The van der Waals surface area contributed by atoms with Crippen LogP contribution in [0.15, 0.2) is 22.6 Å². The Morgan fingerprint density at radius 1 is 1.29 bits per heavy atom. The lowest BCUT2D eigenvalue weighted by atomic mass is 10.3. The SMILES string of the molecule is Cc1nc2cc(NCCNC(C)C)ccc2o1. The summed E-state index contributed by atoms with van der Waals surface area (Å²) in [6.07, 6.45) is 0. The molecule has 0 unspecified atom stereocenters. The van der Waals surface area contributed by atoms with E-state index in [2.05, 4.69) is 29.5 Å². The smallest absolute Gasteiger partial charge is 0.192 e. The van der Waals surface area contributed by atoms with E-state index in [1.807, 2.05) is 25.1 Å². The molecule has 0 saturated heterocycles. The number of aromatic nitrogens is 1. The number of nitrogens with one attached hydrogen (secondary N) is 2. The lowest BCUT2D eigenvalue weighted by Gasteiger charge is -2.09. The Morgan fingerprint density at radius 3 is 2.88 bits per heavy atom. The van der Waals surface area contributed by atoms with Crippen LogP contribution in [-0.2, 0) is 0 Å². The van der Waals surface area contributed by atoms with Crippen molar-refractivity contribution in [1.82, 2.24) is 10.3 Å². The predicted molar refractivity (Wildman–Crippen MR) is 70.4 cm³/mol. The van der Waals surface area contributed by atoms with Gasteiger partial charge in [0.15, 0.2) is 11.5 Å². The van der Waals surface area contributed by atoms with Crippen molar-refractivity contribution in [2.75, 3.05) is 18.4 Å². The van der Waals surface area contributed by atoms with E-state index in [0.717, 1.165) is 29.9 Å². The highest BCUT2D eigenvalue weighted by Crippen LogP contribution is 2.19.